The van der Waals surface area contributed by atoms with Gasteiger partial charge in [-0.25, -0.2) is 4.79 Å². The van der Waals surface area contributed by atoms with Crippen LogP contribution in [0.2, 0.25) is 0 Å². The lowest BCUT2D eigenvalue weighted by Gasteiger charge is -2.10. The number of alkyl halides is 3. The van der Waals surface area contributed by atoms with Crippen LogP contribution in [0.1, 0.15) is 17.0 Å². The molecule has 33 heavy (non-hydrogen) atoms. The molecule has 0 radical (unpaired) electrons. The molecular formula is C22H16F3N5O3. The Kier molecular flexibility index (Phi) is 6.03. The minimum atomic E-state index is -4.72. The topological polar surface area (TPSA) is 103 Å². The number of ether oxygens (including phenoxy) is 1. The van der Waals surface area contributed by atoms with E-state index in [-0.39, 0.29) is 12.4 Å². The fourth-order valence-corrected chi connectivity index (χ4v) is 2.89. The molecule has 0 fully saturated rings. The number of benzene rings is 1. The Labute approximate surface area is 185 Å². The average molecular weight is 455 g/mol. The number of carbonyl (C=O) groups excluding carboxylic acids is 1. The molecule has 4 aromatic rings. The molecule has 1 N–H and O–H groups in total. The maximum atomic E-state index is 12.6. The Balaban J connectivity index is 1.35. The van der Waals surface area contributed by atoms with Gasteiger partial charge in [-0.2, -0.15) is 18.2 Å². The standard InChI is InChI=1S/C22H16F3N5O3/c1-13-9-15(19-29-20(33-30-19)22(23,24)25)5-7-17(13)28-21(31)32-12-14-4-6-18(27-10-14)16-3-2-8-26-11-16/h2-11H,12H2,1H3,(H,28,31). The average Bonchev–Trinajstić information content (AvgIpc) is 3.31. The highest BCUT2D eigenvalue weighted by atomic mass is 19.4. The predicted octanol–water partition coefficient (Wildman–Crippen LogP) is 5.27. The Morgan fingerprint density at radius 1 is 1.12 bits per heavy atom. The molecule has 0 saturated carbocycles. The Hall–Kier alpha value is -4.28. The van der Waals surface area contributed by atoms with Crippen LogP contribution in [0.25, 0.3) is 22.6 Å². The first-order valence-electron chi connectivity index (χ1n) is 9.60. The van der Waals surface area contributed by atoms with Crippen molar-refractivity contribution in [1.82, 2.24) is 20.1 Å². The molecule has 3 aromatic heterocycles. The van der Waals surface area contributed by atoms with Crippen molar-refractivity contribution in [2.24, 2.45) is 0 Å². The molecule has 0 atom stereocenters. The third kappa shape index (κ3) is 5.32. The molecule has 0 saturated heterocycles. The van der Waals surface area contributed by atoms with Gasteiger partial charge in [-0.1, -0.05) is 11.2 Å². The SMILES string of the molecule is Cc1cc(-c2noc(C(F)(F)F)n2)ccc1NC(=O)OCc1ccc(-c2cccnc2)nc1. The van der Waals surface area contributed by atoms with Gasteiger partial charge in [-0.3, -0.25) is 15.3 Å². The van der Waals surface area contributed by atoms with Gasteiger partial charge < -0.3 is 9.26 Å². The van der Waals surface area contributed by atoms with Crippen molar-refractivity contribution in [3.8, 4) is 22.6 Å². The van der Waals surface area contributed by atoms with Gasteiger partial charge in [0.05, 0.1) is 5.69 Å². The summed E-state index contributed by atoms with van der Waals surface area (Å²) in [5.74, 6) is -1.63. The van der Waals surface area contributed by atoms with Crippen LogP contribution in [0.15, 0.2) is 65.6 Å². The van der Waals surface area contributed by atoms with Crippen LogP contribution in [0.3, 0.4) is 0 Å². The second-order valence-corrected chi connectivity index (χ2v) is 6.95. The van der Waals surface area contributed by atoms with E-state index in [0.717, 1.165) is 11.3 Å². The number of nitrogens with one attached hydrogen (secondary N) is 1. The van der Waals surface area contributed by atoms with E-state index in [9.17, 15) is 18.0 Å². The molecule has 0 spiro atoms. The summed E-state index contributed by atoms with van der Waals surface area (Å²) in [7, 11) is 0. The first-order valence-corrected chi connectivity index (χ1v) is 9.60. The lowest BCUT2D eigenvalue weighted by atomic mass is 10.1. The molecular weight excluding hydrogens is 439 g/mol. The van der Waals surface area contributed by atoms with E-state index in [2.05, 4.69) is 29.9 Å². The van der Waals surface area contributed by atoms with Gasteiger partial charge in [-0.15, -0.1) is 0 Å². The second-order valence-electron chi connectivity index (χ2n) is 6.95. The van der Waals surface area contributed by atoms with Crippen LogP contribution in [-0.2, 0) is 17.5 Å². The maximum absolute atomic E-state index is 12.6. The lowest BCUT2D eigenvalue weighted by Crippen LogP contribution is -2.14. The van der Waals surface area contributed by atoms with Crippen LogP contribution in [0.5, 0.6) is 0 Å². The van der Waals surface area contributed by atoms with Gasteiger partial charge in [-0.05, 0) is 48.9 Å². The van der Waals surface area contributed by atoms with Crippen molar-refractivity contribution >= 4 is 11.8 Å². The normalized spacial score (nSPS) is 11.3. The fraction of sp³-hybridized carbons (Fsp3) is 0.136. The van der Waals surface area contributed by atoms with Crippen molar-refractivity contribution in [3.63, 3.8) is 0 Å². The largest absolute Gasteiger partial charge is 0.471 e. The molecule has 1 amide bonds. The van der Waals surface area contributed by atoms with E-state index in [1.165, 1.54) is 18.2 Å². The number of aromatic nitrogens is 4. The monoisotopic (exact) mass is 455 g/mol. The Bertz CT molecular complexity index is 1260. The van der Waals surface area contributed by atoms with Crippen molar-refractivity contribution < 1.29 is 27.2 Å². The molecule has 0 aliphatic carbocycles. The van der Waals surface area contributed by atoms with Gasteiger partial charge >= 0.3 is 18.2 Å². The van der Waals surface area contributed by atoms with Crippen molar-refractivity contribution in [2.45, 2.75) is 19.7 Å². The van der Waals surface area contributed by atoms with Crippen LogP contribution in [-0.4, -0.2) is 26.2 Å². The molecule has 8 nitrogen and oxygen atoms in total. The number of halogens is 3. The Morgan fingerprint density at radius 2 is 1.97 bits per heavy atom. The molecule has 11 heteroatoms. The number of carbonyl (C=O) groups is 1. The first kappa shape index (κ1) is 21.9. The summed E-state index contributed by atoms with van der Waals surface area (Å²) >= 11 is 0. The molecule has 1 aromatic carbocycles. The molecule has 3 heterocycles. The second kappa shape index (κ2) is 9.07. The summed E-state index contributed by atoms with van der Waals surface area (Å²) in [4.78, 5) is 23.9. The number of hydrogen-bond donors (Lipinski definition) is 1. The summed E-state index contributed by atoms with van der Waals surface area (Å²) < 4.78 is 47.4. The third-order valence-corrected chi connectivity index (χ3v) is 4.54. The van der Waals surface area contributed by atoms with E-state index in [0.29, 0.717) is 22.4 Å². The summed E-state index contributed by atoms with van der Waals surface area (Å²) in [6.45, 7) is 1.68. The van der Waals surface area contributed by atoms with Crippen LogP contribution < -0.4 is 5.32 Å². The predicted molar refractivity (Wildman–Crippen MR) is 111 cm³/mol. The first-order chi connectivity index (χ1) is 15.8. The number of hydrogen-bond acceptors (Lipinski definition) is 7. The molecule has 0 bridgehead atoms. The number of rotatable bonds is 5. The summed E-state index contributed by atoms with van der Waals surface area (Å²) in [6.07, 6.45) is -0.432. The zero-order valence-corrected chi connectivity index (χ0v) is 17.1. The number of amides is 1. The molecule has 0 aliphatic rings. The number of anilines is 1. The van der Waals surface area contributed by atoms with E-state index >= 15 is 0 Å². The summed E-state index contributed by atoms with van der Waals surface area (Å²) in [5.41, 5.74) is 3.62. The highest BCUT2D eigenvalue weighted by Crippen LogP contribution is 2.30. The number of nitrogens with zero attached hydrogens (tertiary/aromatic N) is 4. The van der Waals surface area contributed by atoms with Crippen LogP contribution in [0, 0.1) is 6.92 Å². The maximum Gasteiger partial charge on any atom is 0.471 e. The highest BCUT2D eigenvalue weighted by Gasteiger charge is 2.38. The zero-order valence-electron chi connectivity index (χ0n) is 17.1. The molecule has 168 valence electrons. The van der Waals surface area contributed by atoms with Gasteiger partial charge in [0, 0.05) is 41.0 Å². The number of aryl methyl sites for hydroxylation is 1. The van der Waals surface area contributed by atoms with Crippen molar-refractivity contribution in [3.05, 3.63) is 78.1 Å². The van der Waals surface area contributed by atoms with E-state index in [1.807, 2.05) is 12.1 Å². The molecule has 0 unspecified atom stereocenters. The number of pyridine rings is 2. The summed E-state index contributed by atoms with van der Waals surface area (Å²) in [5, 5.41) is 5.94. The van der Waals surface area contributed by atoms with Gasteiger partial charge in [0.25, 0.3) is 0 Å². The van der Waals surface area contributed by atoms with Crippen molar-refractivity contribution in [1.29, 1.82) is 0 Å². The minimum Gasteiger partial charge on any atom is -0.444 e. The van der Waals surface area contributed by atoms with E-state index in [4.69, 9.17) is 4.74 Å². The lowest BCUT2D eigenvalue weighted by molar-refractivity contribution is -0.159. The highest BCUT2D eigenvalue weighted by molar-refractivity contribution is 5.86. The Morgan fingerprint density at radius 3 is 2.61 bits per heavy atom. The summed E-state index contributed by atoms with van der Waals surface area (Å²) in [6, 6.07) is 11.8. The zero-order chi connectivity index (χ0) is 23.4. The quantitative estimate of drug-likeness (QED) is 0.437. The smallest absolute Gasteiger partial charge is 0.444 e. The van der Waals surface area contributed by atoms with Crippen LogP contribution in [0.4, 0.5) is 23.7 Å². The third-order valence-electron chi connectivity index (χ3n) is 4.54. The molecule has 4 rings (SSSR count). The molecule has 0 aliphatic heterocycles. The van der Waals surface area contributed by atoms with Crippen LogP contribution >= 0.6 is 0 Å². The van der Waals surface area contributed by atoms with Gasteiger partial charge in [0.15, 0.2) is 0 Å². The minimum absolute atomic E-state index is 0.00631. The van der Waals surface area contributed by atoms with E-state index < -0.39 is 18.2 Å². The van der Waals surface area contributed by atoms with Gasteiger partial charge in [0.1, 0.15) is 6.61 Å². The van der Waals surface area contributed by atoms with Crippen molar-refractivity contribution in [2.75, 3.05) is 5.32 Å². The van der Waals surface area contributed by atoms with Gasteiger partial charge in [0.2, 0.25) is 5.82 Å². The van der Waals surface area contributed by atoms with E-state index in [1.54, 1.807) is 37.6 Å². The fourth-order valence-electron chi connectivity index (χ4n) is 2.89.